The van der Waals surface area contributed by atoms with Crippen molar-refractivity contribution in [2.45, 2.75) is 13.0 Å². The summed E-state index contributed by atoms with van der Waals surface area (Å²) in [5, 5.41) is 9.19. The van der Waals surface area contributed by atoms with E-state index in [0.717, 1.165) is 0 Å². The van der Waals surface area contributed by atoms with Gasteiger partial charge in [0.25, 0.3) is 0 Å². The third kappa shape index (κ3) is 1.40. The summed E-state index contributed by atoms with van der Waals surface area (Å²) in [6.07, 6.45) is -0.524. The van der Waals surface area contributed by atoms with Crippen molar-refractivity contribution < 1.29 is 14.6 Å². The molecule has 1 aliphatic rings. The molecule has 11 heavy (non-hydrogen) atoms. The van der Waals surface area contributed by atoms with Crippen molar-refractivity contribution in [2.75, 3.05) is 13.7 Å². The zero-order valence-electron chi connectivity index (χ0n) is 6.57. The molecule has 0 aliphatic carbocycles. The minimum atomic E-state index is -0.524. The molecule has 0 fully saturated rings. The molecule has 0 aromatic rings. The van der Waals surface area contributed by atoms with Gasteiger partial charge in [0.1, 0.15) is 5.71 Å². The first-order valence-corrected chi connectivity index (χ1v) is 3.47. The third-order valence-corrected chi connectivity index (χ3v) is 1.85. The van der Waals surface area contributed by atoms with E-state index >= 15 is 0 Å². The highest BCUT2D eigenvalue weighted by atomic mass is 16.5. The van der Waals surface area contributed by atoms with Gasteiger partial charge in [-0.1, -0.05) is 6.92 Å². The highest BCUT2D eigenvalue weighted by Gasteiger charge is 2.30. The Hall–Kier alpha value is -0.900. The fraction of sp³-hybridized carbons (Fsp3) is 0.714. The van der Waals surface area contributed by atoms with E-state index in [1.54, 1.807) is 6.92 Å². The standard InChI is InChI=1S/C7H11NO3/c1-4-5(9)3-8-6(4)7(10)11-2/h4-5,9H,3H2,1-2H3. The minimum absolute atomic E-state index is 0.192. The monoisotopic (exact) mass is 157 g/mol. The van der Waals surface area contributed by atoms with Crippen molar-refractivity contribution >= 4 is 11.7 Å². The largest absolute Gasteiger partial charge is 0.465 e. The number of esters is 1. The molecular formula is C7H11NO3. The fourth-order valence-corrected chi connectivity index (χ4v) is 1.03. The van der Waals surface area contributed by atoms with Gasteiger partial charge in [0, 0.05) is 5.92 Å². The van der Waals surface area contributed by atoms with Crippen molar-refractivity contribution in [1.82, 2.24) is 0 Å². The molecule has 0 saturated carbocycles. The van der Waals surface area contributed by atoms with Gasteiger partial charge < -0.3 is 9.84 Å². The first-order valence-electron chi connectivity index (χ1n) is 3.47. The molecule has 0 amide bonds. The Morgan fingerprint density at radius 2 is 2.45 bits per heavy atom. The van der Waals surface area contributed by atoms with E-state index in [4.69, 9.17) is 0 Å². The number of aliphatic hydroxyl groups excluding tert-OH is 1. The number of hydrogen-bond donors (Lipinski definition) is 1. The smallest absolute Gasteiger partial charge is 0.352 e. The van der Waals surface area contributed by atoms with Crippen LogP contribution in [-0.2, 0) is 9.53 Å². The lowest BCUT2D eigenvalue weighted by molar-refractivity contribution is -0.133. The maximum atomic E-state index is 10.9. The summed E-state index contributed by atoms with van der Waals surface area (Å²) < 4.78 is 4.47. The second-order valence-electron chi connectivity index (χ2n) is 2.57. The Morgan fingerprint density at radius 1 is 1.82 bits per heavy atom. The number of nitrogens with zero attached hydrogens (tertiary/aromatic N) is 1. The molecule has 0 bridgehead atoms. The second kappa shape index (κ2) is 3.00. The predicted molar refractivity (Wildman–Crippen MR) is 39.5 cm³/mol. The van der Waals surface area contributed by atoms with Gasteiger partial charge in [-0.3, -0.25) is 4.99 Å². The maximum absolute atomic E-state index is 10.9. The topological polar surface area (TPSA) is 58.9 Å². The lowest BCUT2D eigenvalue weighted by Crippen LogP contribution is -2.26. The molecule has 62 valence electrons. The minimum Gasteiger partial charge on any atom is -0.465 e. The van der Waals surface area contributed by atoms with E-state index in [0.29, 0.717) is 12.3 Å². The molecule has 2 unspecified atom stereocenters. The SMILES string of the molecule is COC(=O)C1=NCC(O)C1C. The van der Waals surface area contributed by atoms with Crippen LogP contribution in [0.15, 0.2) is 4.99 Å². The van der Waals surface area contributed by atoms with Crippen LogP contribution in [0, 0.1) is 5.92 Å². The molecule has 1 aliphatic heterocycles. The lowest BCUT2D eigenvalue weighted by Gasteiger charge is -2.08. The zero-order valence-corrected chi connectivity index (χ0v) is 6.57. The quantitative estimate of drug-likeness (QED) is 0.527. The molecule has 1 rings (SSSR count). The van der Waals surface area contributed by atoms with Crippen molar-refractivity contribution in [3.8, 4) is 0 Å². The number of ether oxygens (including phenoxy) is 1. The van der Waals surface area contributed by atoms with Gasteiger partial charge in [-0.15, -0.1) is 0 Å². The number of rotatable bonds is 1. The van der Waals surface area contributed by atoms with Crippen LogP contribution >= 0.6 is 0 Å². The summed E-state index contributed by atoms with van der Waals surface area (Å²) >= 11 is 0. The van der Waals surface area contributed by atoms with Crippen LogP contribution in [0.2, 0.25) is 0 Å². The molecule has 0 saturated heterocycles. The number of methoxy groups -OCH3 is 1. The predicted octanol–water partition coefficient (Wildman–Crippen LogP) is -0.389. The van der Waals surface area contributed by atoms with Crippen LogP contribution in [0.1, 0.15) is 6.92 Å². The average Bonchev–Trinajstić information content (AvgIpc) is 2.32. The highest BCUT2D eigenvalue weighted by Crippen LogP contribution is 2.14. The van der Waals surface area contributed by atoms with Crippen LogP contribution in [0.25, 0.3) is 0 Å². The summed E-state index contributed by atoms with van der Waals surface area (Å²) in [7, 11) is 1.31. The molecule has 2 atom stereocenters. The van der Waals surface area contributed by atoms with Gasteiger partial charge in [0.05, 0.1) is 19.8 Å². The zero-order chi connectivity index (χ0) is 8.43. The van der Waals surface area contributed by atoms with Crippen LogP contribution in [0.4, 0.5) is 0 Å². The van der Waals surface area contributed by atoms with Crippen molar-refractivity contribution in [3.63, 3.8) is 0 Å². The van der Waals surface area contributed by atoms with Gasteiger partial charge in [0.15, 0.2) is 0 Å². The first-order chi connectivity index (χ1) is 5.16. The van der Waals surface area contributed by atoms with Gasteiger partial charge in [-0.2, -0.15) is 0 Å². The summed E-state index contributed by atoms with van der Waals surface area (Å²) in [4.78, 5) is 14.8. The van der Waals surface area contributed by atoms with Gasteiger partial charge in [-0.05, 0) is 0 Å². The molecule has 4 nitrogen and oxygen atoms in total. The van der Waals surface area contributed by atoms with E-state index in [2.05, 4.69) is 9.73 Å². The molecule has 0 aromatic heterocycles. The van der Waals surface area contributed by atoms with Crippen molar-refractivity contribution in [1.29, 1.82) is 0 Å². The van der Waals surface area contributed by atoms with E-state index in [-0.39, 0.29) is 5.92 Å². The summed E-state index contributed by atoms with van der Waals surface area (Å²) in [5.74, 6) is -0.628. The number of aliphatic imine (C=N–C) groups is 1. The fourth-order valence-electron chi connectivity index (χ4n) is 1.03. The lowest BCUT2D eigenvalue weighted by atomic mass is 10.0. The highest BCUT2D eigenvalue weighted by molar-refractivity contribution is 6.37. The molecule has 0 spiro atoms. The van der Waals surface area contributed by atoms with Crippen molar-refractivity contribution in [2.24, 2.45) is 10.9 Å². The Bertz CT molecular complexity index is 200. The molecule has 0 aromatic carbocycles. The summed E-state index contributed by atoms with van der Waals surface area (Å²) in [5.41, 5.74) is 0.347. The molecule has 1 N–H and O–H groups in total. The van der Waals surface area contributed by atoms with E-state index < -0.39 is 12.1 Å². The average molecular weight is 157 g/mol. The van der Waals surface area contributed by atoms with Crippen LogP contribution in [-0.4, -0.2) is 36.5 Å². The number of aliphatic hydroxyl groups is 1. The van der Waals surface area contributed by atoms with E-state index in [9.17, 15) is 9.90 Å². The number of carbonyl (C=O) groups excluding carboxylic acids is 1. The van der Waals surface area contributed by atoms with Crippen LogP contribution < -0.4 is 0 Å². The number of hydrogen-bond acceptors (Lipinski definition) is 4. The van der Waals surface area contributed by atoms with Gasteiger partial charge >= 0.3 is 5.97 Å². The van der Waals surface area contributed by atoms with E-state index in [1.165, 1.54) is 7.11 Å². The second-order valence-corrected chi connectivity index (χ2v) is 2.57. The first kappa shape index (κ1) is 8.20. The Kier molecular flexibility index (Phi) is 2.24. The Labute approximate surface area is 64.9 Å². The summed E-state index contributed by atoms with van der Waals surface area (Å²) in [6, 6.07) is 0. The third-order valence-electron chi connectivity index (χ3n) is 1.85. The molecular weight excluding hydrogens is 146 g/mol. The molecule has 1 heterocycles. The number of carbonyl (C=O) groups is 1. The van der Waals surface area contributed by atoms with Crippen LogP contribution in [0.5, 0.6) is 0 Å². The normalized spacial score (nSPS) is 29.9. The van der Waals surface area contributed by atoms with Gasteiger partial charge in [0.2, 0.25) is 0 Å². The Balaban J connectivity index is 2.67. The molecule has 0 radical (unpaired) electrons. The van der Waals surface area contributed by atoms with Crippen molar-refractivity contribution in [3.05, 3.63) is 0 Å². The van der Waals surface area contributed by atoms with Gasteiger partial charge in [-0.25, -0.2) is 4.79 Å². The van der Waals surface area contributed by atoms with Crippen LogP contribution in [0.3, 0.4) is 0 Å². The Morgan fingerprint density at radius 3 is 2.82 bits per heavy atom. The molecule has 4 heteroatoms. The van der Waals surface area contributed by atoms with E-state index in [1.807, 2.05) is 0 Å². The summed E-state index contributed by atoms with van der Waals surface area (Å²) in [6.45, 7) is 2.07. The maximum Gasteiger partial charge on any atom is 0.352 e.